The van der Waals surface area contributed by atoms with Gasteiger partial charge in [0.25, 0.3) is 0 Å². The minimum atomic E-state index is 0.178. The van der Waals surface area contributed by atoms with Crippen LogP contribution in [-0.2, 0) is 6.42 Å². The van der Waals surface area contributed by atoms with E-state index in [1.54, 1.807) is 6.26 Å². The van der Waals surface area contributed by atoms with E-state index in [-0.39, 0.29) is 6.04 Å². The smallest absolute Gasteiger partial charge is 0.188 e. The molecule has 128 valence electrons. The summed E-state index contributed by atoms with van der Waals surface area (Å²) in [6.45, 7) is 3.61. The van der Waals surface area contributed by atoms with E-state index in [4.69, 9.17) is 10.2 Å². The van der Waals surface area contributed by atoms with Gasteiger partial charge in [0.05, 0.1) is 18.8 Å². The van der Waals surface area contributed by atoms with E-state index in [0.717, 1.165) is 31.8 Å². The maximum absolute atomic E-state index is 6.03. The van der Waals surface area contributed by atoms with E-state index < -0.39 is 0 Å². The van der Waals surface area contributed by atoms with Gasteiger partial charge in [0.15, 0.2) is 5.96 Å². The lowest BCUT2D eigenvalue weighted by Gasteiger charge is -2.24. The summed E-state index contributed by atoms with van der Waals surface area (Å²) in [6.07, 6.45) is 5.14. The number of rotatable bonds is 7. The standard InChI is InChI=1S/C19H26N4O/c20-19(21-11-10-16-7-2-1-3-8-16)22-15-17(18-9-6-14-24-18)23-12-4-5-13-23/h1-3,6-9,14,17H,4-5,10-13,15H2,(H3,20,21,22). The molecule has 0 aliphatic carbocycles. The fourth-order valence-electron chi connectivity index (χ4n) is 3.14. The Balaban J connectivity index is 1.51. The van der Waals surface area contributed by atoms with Crippen molar-refractivity contribution in [2.24, 2.45) is 10.7 Å². The van der Waals surface area contributed by atoms with Crippen LogP contribution < -0.4 is 11.1 Å². The van der Waals surface area contributed by atoms with Gasteiger partial charge in [0, 0.05) is 6.54 Å². The Morgan fingerprint density at radius 1 is 1.17 bits per heavy atom. The van der Waals surface area contributed by atoms with Crippen LogP contribution in [0.2, 0.25) is 0 Å². The Kier molecular flexibility index (Phi) is 5.90. The molecule has 3 rings (SSSR count). The van der Waals surface area contributed by atoms with Gasteiger partial charge in [-0.25, -0.2) is 0 Å². The van der Waals surface area contributed by atoms with Gasteiger partial charge in [-0.2, -0.15) is 0 Å². The highest BCUT2D eigenvalue weighted by molar-refractivity contribution is 5.77. The number of nitrogens with zero attached hydrogens (tertiary/aromatic N) is 2. The van der Waals surface area contributed by atoms with Crippen molar-refractivity contribution in [3.8, 4) is 0 Å². The van der Waals surface area contributed by atoms with E-state index in [9.17, 15) is 0 Å². The average molecular weight is 326 g/mol. The quantitative estimate of drug-likeness (QED) is 0.606. The summed E-state index contributed by atoms with van der Waals surface area (Å²) in [5.41, 5.74) is 7.32. The molecule has 5 nitrogen and oxygen atoms in total. The molecule has 1 aliphatic rings. The highest BCUT2D eigenvalue weighted by atomic mass is 16.3. The number of aliphatic imine (C=N–C) groups is 1. The fraction of sp³-hybridized carbons (Fsp3) is 0.421. The zero-order chi connectivity index (χ0) is 16.6. The number of nitrogens with two attached hydrogens (primary N) is 1. The monoisotopic (exact) mass is 326 g/mol. The summed E-state index contributed by atoms with van der Waals surface area (Å²) in [5, 5.41) is 3.20. The lowest BCUT2D eigenvalue weighted by atomic mass is 10.1. The maximum atomic E-state index is 6.03. The Morgan fingerprint density at radius 3 is 2.67 bits per heavy atom. The van der Waals surface area contributed by atoms with Crippen LogP contribution in [0.25, 0.3) is 0 Å². The molecule has 0 radical (unpaired) electrons. The fourth-order valence-corrected chi connectivity index (χ4v) is 3.14. The number of benzene rings is 1. The second-order valence-electron chi connectivity index (χ2n) is 6.16. The van der Waals surface area contributed by atoms with E-state index in [1.165, 1.54) is 18.4 Å². The summed E-state index contributed by atoms with van der Waals surface area (Å²) in [5.74, 6) is 1.47. The molecule has 1 saturated heterocycles. The molecule has 1 fully saturated rings. The van der Waals surface area contributed by atoms with Crippen molar-refractivity contribution in [2.45, 2.75) is 25.3 Å². The zero-order valence-corrected chi connectivity index (χ0v) is 14.0. The van der Waals surface area contributed by atoms with Crippen molar-refractivity contribution in [3.63, 3.8) is 0 Å². The molecule has 24 heavy (non-hydrogen) atoms. The van der Waals surface area contributed by atoms with Crippen LogP contribution in [0.15, 0.2) is 58.1 Å². The molecule has 1 atom stereocenters. The first-order valence-electron chi connectivity index (χ1n) is 8.68. The number of guanidine groups is 1. The Morgan fingerprint density at radius 2 is 1.96 bits per heavy atom. The summed E-state index contributed by atoms with van der Waals surface area (Å²) >= 11 is 0. The molecule has 0 amide bonds. The van der Waals surface area contributed by atoms with Crippen LogP contribution in [0.3, 0.4) is 0 Å². The first-order chi connectivity index (χ1) is 11.8. The molecule has 0 spiro atoms. The topological polar surface area (TPSA) is 66.8 Å². The Hall–Kier alpha value is -2.27. The number of nitrogens with one attached hydrogen (secondary N) is 1. The summed E-state index contributed by atoms with van der Waals surface area (Å²) in [6, 6.07) is 14.5. The van der Waals surface area contributed by atoms with Gasteiger partial charge >= 0.3 is 0 Å². The SMILES string of the molecule is NC(=NCC(c1ccco1)N1CCCC1)NCCc1ccccc1. The molecule has 1 aliphatic heterocycles. The van der Waals surface area contributed by atoms with Crippen molar-refractivity contribution < 1.29 is 4.42 Å². The number of likely N-dealkylation sites (tertiary alicyclic amines) is 1. The second-order valence-corrected chi connectivity index (χ2v) is 6.16. The van der Waals surface area contributed by atoms with Gasteiger partial charge in [-0.15, -0.1) is 0 Å². The van der Waals surface area contributed by atoms with Crippen LogP contribution in [0.4, 0.5) is 0 Å². The molecule has 5 heteroatoms. The van der Waals surface area contributed by atoms with Crippen LogP contribution in [0.1, 0.15) is 30.2 Å². The normalized spacial score (nSPS) is 17.1. The van der Waals surface area contributed by atoms with Crippen LogP contribution >= 0.6 is 0 Å². The van der Waals surface area contributed by atoms with Gasteiger partial charge in [0.2, 0.25) is 0 Å². The highest BCUT2D eigenvalue weighted by Crippen LogP contribution is 2.25. The van der Waals surface area contributed by atoms with Gasteiger partial charge in [-0.05, 0) is 50.0 Å². The molecular formula is C19H26N4O. The predicted molar refractivity (Wildman–Crippen MR) is 96.9 cm³/mol. The van der Waals surface area contributed by atoms with E-state index in [0.29, 0.717) is 12.5 Å². The third-order valence-corrected chi connectivity index (χ3v) is 4.45. The van der Waals surface area contributed by atoms with Crippen molar-refractivity contribution in [1.29, 1.82) is 0 Å². The molecule has 2 aromatic rings. The summed E-state index contributed by atoms with van der Waals surface area (Å²) < 4.78 is 5.61. The average Bonchev–Trinajstić information content (AvgIpc) is 3.30. The molecule has 1 unspecified atom stereocenters. The lowest BCUT2D eigenvalue weighted by Crippen LogP contribution is -2.35. The highest BCUT2D eigenvalue weighted by Gasteiger charge is 2.25. The van der Waals surface area contributed by atoms with Gasteiger partial charge in [-0.1, -0.05) is 30.3 Å². The van der Waals surface area contributed by atoms with Crippen LogP contribution in [-0.4, -0.2) is 37.0 Å². The number of hydrogen-bond donors (Lipinski definition) is 2. The second kappa shape index (κ2) is 8.55. The molecule has 0 saturated carbocycles. The van der Waals surface area contributed by atoms with Gasteiger partial charge in [-0.3, -0.25) is 9.89 Å². The third-order valence-electron chi connectivity index (χ3n) is 4.45. The lowest BCUT2D eigenvalue weighted by molar-refractivity contribution is 0.221. The molecule has 2 heterocycles. The maximum Gasteiger partial charge on any atom is 0.188 e. The van der Waals surface area contributed by atoms with Crippen molar-refractivity contribution in [3.05, 3.63) is 60.1 Å². The first-order valence-corrected chi connectivity index (χ1v) is 8.68. The van der Waals surface area contributed by atoms with Crippen molar-refractivity contribution in [1.82, 2.24) is 10.2 Å². The first kappa shape index (κ1) is 16.6. The van der Waals surface area contributed by atoms with Gasteiger partial charge < -0.3 is 15.5 Å². The molecular weight excluding hydrogens is 300 g/mol. The Bertz CT molecular complexity index is 618. The zero-order valence-electron chi connectivity index (χ0n) is 14.0. The van der Waals surface area contributed by atoms with Gasteiger partial charge in [0.1, 0.15) is 5.76 Å². The van der Waals surface area contributed by atoms with Crippen molar-refractivity contribution in [2.75, 3.05) is 26.2 Å². The predicted octanol–water partition coefficient (Wildman–Crippen LogP) is 2.56. The summed E-state index contributed by atoms with van der Waals surface area (Å²) in [7, 11) is 0. The minimum absolute atomic E-state index is 0.178. The molecule has 3 N–H and O–H groups in total. The van der Waals surface area contributed by atoms with Crippen LogP contribution in [0.5, 0.6) is 0 Å². The molecule has 1 aromatic heterocycles. The van der Waals surface area contributed by atoms with E-state index >= 15 is 0 Å². The minimum Gasteiger partial charge on any atom is -0.468 e. The third kappa shape index (κ3) is 4.61. The Labute approximate surface area is 143 Å². The summed E-state index contributed by atoms with van der Waals surface area (Å²) in [4.78, 5) is 6.97. The van der Waals surface area contributed by atoms with E-state index in [1.807, 2.05) is 18.2 Å². The molecule has 1 aromatic carbocycles. The largest absolute Gasteiger partial charge is 0.468 e. The van der Waals surface area contributed by atoms with Crippen LogP contribution in [0, 0.1) is 0 Å². The molecule has 0 bridgehead atoms. The van der Waals surface area contributed by atoms with E-state index in [2.05, 4.69) is 39.5 Å². The van der Waals surface area contributed by atoms with Crippen molar-refractivity contribution >= 4 is 5.96 Å². The number of hydrogen-bond acceptors (Lipinski definition) is 3. The number of furan rings is 1.